The van der Waals surface area contributed by atoms with Crippen molar-refractivity contribution in [2.45, 2.75) is 32.9 Å². The van der Waals surface area contributed by atoms with Crippen LogP contribution in [0.1, 0.15) is 27.7 Å². The molecule has 4 rings (SSSR count). The minimum absolute atomic E-state index is 0.268. The monoisotopic (exact) mass is 419 g/mol. The van der Waals surface area contributed by atoms with Crippen LogP contribution in [0, 0.1) is 18.6 Å². The van der Waals surface area contributed by atoms with E-state index in [0.29, 0.717) is 17.9 Å². The summed E-state index contributed by atoms with van der Waals surface area (Å²) < 4.78 is 32.8. The Morgan fingerprint density at radius 2 is 2.14 bits per heavy atom. The number of halogens is 2. The average molecular weight is 419 g/mol. The third kappa shape index (κ3) is 4.89. The Morgan fingerprint density at radius 3 is 2.83 bits per heavy atom. The van der Waals surface area contributed by atoms with Crippen LogP contribution < -0.4 is 10.1 Å². The van der Waals surface area contributed by atoms with Gasteiger partial charge in [-0.05, 0) is 56.6 Å². The number of aromatic nitrogens is 2. The Bertz CT molecular complexity index is 1000. The van der Waals surface area contributed by atoms with Crippen LogP contribution in [0.25, 0.3) is 11.3 Å². The van der Waals surface area contributed by atoms with Gasteiger partial charge in [-0.15, -0.1) is 0 Å². The van der Waals surface area contributed by atoms with Gasteiger partial charge in [0, 0.05) is 6.04 Å². The molecule has 0 bridgehead atoms. The zero-order chi connectivity index (χ0) is 21.0. The van der Waals surface area contributed by atoms with Crippen molar-refractivity contribution in [3.05, 3.63) is 58.1 Å². The lowest BCUT2D eigenvalue weighted by Crippen LogP contribution is -2.23. The second kappa shape index (κ2) is 9.28. The van der Waals surface area contributed by atoms with E-state index < -0.39 is 11.6 Å². The van der Waals surface area contributed by atoms with Crippen LogP contribution in [-0.2, 0) is 13.0 Å². The van der Waals surface area contributed by atoms with Gasteiger partial charge in [0.2, 0.25) is 0 Å². The number of nitrogens with zero attached hydrogens (tertiary/aromatic N) is 2. The van der Waals surface area contributed by atoms with Crippen molar-refractivity contribution in [1.29, 1.82) is 0 Å². The van der Waals surface area contributed by atoms with Gasteiger partial charge in [-0.3, -0.25) is 9.48 Å². The predicted molar refractivity (Wildman–Crippen MR) is 110 cm³/mol. The molecule has 0 radical (unpaired) electrons. The number of aryl methyl sites for hydroxylation is 1. The van der Waals surface area contributed by atoms with Crippen molar-refractivity contribution in [2.75, 3.05) is 13.7 Å². The highest BCUT2D eigenvalue weighted by atomic mass is 32.1. The number of hydrogen-bond donors (Lipinski definition) is 1. The molecule has 1 N–H and O–H groups in total. The van der Waals surface area contributed by atoms with Crippen molar-refractivity contribution >= 4 is 17.6 Å². The van der Waals surface area contributed by atoms with Gasteiger partial charge in [0.25, 0.3) is 0 Å². The number of rotatable bonds is 4. The quantitative estimate of drug-likeness (QED) is 0.643. The SMILES string of the molecule is CNC(C)Cc1ccc(F)c(F)c1.Cc1cnn2c1-c1cc(C=O)sc1OCC2. The summed E-state index contributed by atoms with van der Waals surface area (Å²) in [5, 5.41) is 8.16. The molecular formula is C21H23F2N3O2S. The van der Waals surface area contributed by atoms with E-state index in [9.17, 15) is 13.6 Å². The number of nitrogens with one attached hydrogen (secondary N) is 1. The molecular weight excluding hydrogens is 396 g/mol. The van der Waals surface area contributed by atoms with E-state index in [1.54, 1.807) is 6.07 Å². The van der Waals surface area contributed by atoms with Gasteiger partial charge in [-0.2, -0.15) is 5.10 Å². The van der Waals surface area contributed by atoms with Gasteiger partial charge in [-0.25, -0.2) is 8.78 Å². The van der Waals surface area contributed by atoms with Crippen LogP contribution in [0.2, 0.25) is 0 Å². The maximum Gasteiger partial charge on any atom is 0.183 e. The molecule has 0 saturated heterocycles. The van der Waals surface area contributed by atoms with E-state index in [2.05, 4.69) is 10.4 Å². The lowest BCUT2D eigenvalue weighted by atomic mass is 10.1. The molecule has 154 valence electrons. The molecule has 5 nitrogen and oxygen atoms in total. The molecule has 0 spiro atoms. The molecule has 3 aromatic rings. The lowest BCUT2D eigenvalue weighted by molar-refractivity contribution is 0.112. The smallest absolute Gasteiger partial charge is 0.183 e. The summed E-state index contributed by atoms with van der Waals surface area (Å²) in [6.07, 6.45) is 3.41. The number of ether oxygens (including phenoxy) is 1. The summed E-state index contributed by atoms with van der Waals surface area (Å²) in [5.74, 6) is -1.57. The molecule has 1 aliphatic rings. The lowest BCUT2D eigenvalue weighted by Gasteiger charge is -2.09. The van der Waals surface area contributed by atoms with Gasteiger partial charge in [0.15, 0.2) is 23.0 Å². The number of carbonyl (C=O) groups excluding carboxylic acids is 1. The third-order valence-corrected chi connectivity index (χ3v) is 5.64. The van der Waals surface area contributed by atoms with Crippen molar-refractivity contribution in [2.24, 2.45) is 0 Å². The maximum absolute atomic E-state index is 12.7. The molecule has 3 heterocycles. The Morgan fingerprint density at radius 1 is 1.34 bits per heavy atom. The molecule has 2 aromatic heterocycles. The summed E-state index contributed by atoms with van der Waals surface area (Å²) >= 11 is 1.39. The molecule has 0 saturated carbocycles. The molecule has 0 aliphatic carbocycles. The Hall–Kier alpha value is -2.58. The zero-order valence-corrected chi connectivity index (χ0v) is 17.4. The first-order valence-corrected chi connectivity index (χ1v) is 10.1. The molecule has 1 unspecified atom stereocenters. The molecule has 29 heavy (non-hydrogen) atoms. The van der Waals surface area contributed by atoms with Crippen LogP contribution in [-0.4, -0.2) is 35.8 Å². The summed E-state index contributed by atoms with van der Waals surface area (Å²) in [5.41, 5.74) is 3.97. The molecule has 8 heteroatoms. The highest BCUT2D eigenvalue weighted by Gasteiger charge is 2.21. The molecule has 0 fully saturated rings. The normalized spacial score (nSPS) is 13.3. The first-order valence-electron chi connectivity index (χ1n) is 9.28. The van der Waals surface area contributed by atoms with Crippen LogP contribution in [0.5, 0.6) is 5.06 Å². The second-order valence-corrected chi connectivity index (χ2v) is 7.90. The van der Waals surface area contributed by atoms with Crippen LogP contribution in [0.3, 0.4) is 0 Å². The number of fused-ring (bicyclic) bond motifs is 3. The first-order chi connectivity index (χ1) is 13.9. The first kappa shape index (κ1) is 21.1. The van der Waals surface area contributed by atoms with E-state index >= 15 is 0 Å². The van der Waals surface area contributed by atoms with Crippen molar-refractivity contribution in [3.63, 3.8) is 0 Å². The number of benzene rings is 1. The number of likely N-dealkylation sites (N-methyl/N-ethyl adjacent to an activating group) is 1. The predicted octanol–water partition coefficient (Wildman–Crippen LogP) is 4.24. The molecule has 1 aliphatic heterocycles. The van der Waals surface area contributed by atoms with E-state index in [1.807, 2.05) is 37.8 Å². The van der Waals surface area contributed by atoms with Crippen LogP contribution in [0.4, 0.5) is 8.78 Å². The topological polar surface area (TPSA) is 56.2 Å². The van der Waals surface area contributed by atoms with E-state index in [1.165, 1.54) is 17.4 Å². The van der Waals surface area contributed by atoms with Gasteiger partial charge in [-0.1, -0.05) is 17.4 Å². The average Bonchev–Trinajstić information content (AvgIpc) is 3.23. The van der Waals surface area contributed by atoms with E-state index in [-0.39, 0.29) is 6.04 Å². The fraction of sp³-hybridized carbons (Fsp3) is 0.333. The number of hydrogen-bond acceptors (Lipinski definition) is 5. The van der Waals surface area contributed by atoms with Gasteiger partial charge >= 0.3 is 0 Å². The molecule has 1 aromatic carbocycles. The van der Waals surface area contributed by atoms with E-state index in [0.717, 1.165) is 46.3 Å². The number of carbonyl (C=O) groups is 1. The molecule has 0 amide bonds. The van der Waals surface area contributed by atoms with Gasteiger partial charge < -0.3 is 10.1 Å². The third-order valence-electron chi connectivity index (χ3n) is 4.67. The summed E-state index contributed by atoms with van der Waals surface area (Å²) in [6.45, 7) is 5.36. The maximum atomic E-state index is 12.7. The minimum atomic E-state index is -0.791. The van der Waals surface area contributed by atoms with Crippen LogP contribution in [0.15, 0.2) is 30.5 Å². The Balaban J connectivity index is 0.000000170. The number of thiophene rings is 1. The summed E-state index contributed by atoms with van der Waals surface area (Å²) in [7, 11) is 1.84. The Labute approximate surface area is 172 Å². The standard InChI is InChI=1S/C11H10N2O2S.C10H13F2N/c1-7-5-12-13-2-3-15-11-9(10(7)13)4-8(6-14)16-11;1-7(13-2)5-8-3-4-9(11)10(12)6-8/h4-6H,2-3H2,1H3;3-4,6-7,13H,5H2,1-2H3. The Kier molecular flexibility index (Phi) is 6.76. The van der Waals surface area contributed by atoms with Gasteiger partial charge in [0.1, 0.15) is 6.61 Å². The largest absolute Gasteiger partial charge is 0.481 e. The van der Waals surface area contributed by atoms with Gasteiger partial charge in [0.05, 0.1) is 28.9 Å². The highest BCUT2D eigenvalue weighted by Crippen LogP contribution is 2.40. The second-order valence-electron chi connectivity index (χ2n) is 6.86. The van der Waals surface area contributed by atoms with Crippen molar-refractivity contribution in [1.82, 2.24) is 15.1 Å². The molecule has 1 atom stereocenters. The van der Waals surface area contributed by atoms with Crippen LogP contribution >= 0.6 is 11.3 Å². The van der Waals surface area contributed by atoms with Crippen molar-refractivity contribution in [3.8, 4) is 16.3 Å². The minimum Gasteiger partial charge on any atom is -0.481 e. The number of aldehydes is 1. The summed E-state index contributed by atoms with van der Waals surface area (Å²) in [4.78, 5) is 11.5. The zero-order valence-electron chi connectivity index (χ0n) is 16.5. The van der Waals surface area contributed by atoms with E-state index in [4.69, 9.17) is 4.74 Å². The fourth-order valence-corrected chi connectivity index (χ4v) is 3.92. The summed E-state index contributed by atoms with van der Waals surface area (Å²) in [6, 6.07) is 6.14. The van der Waals surface area contributed by atoms with Crippen molar-refractivity contribution < 1.29 is 18.3 Å². The fourth-order valence-electron chi connectivity index (χ4n) is 3.07. The highest BCUT2D eigenvalue weighted by molar-refractivity contribution is 7.16.